The molecule has 0 fully saturated rings. The van der Waals surface area contributed by atoms with Gasteiger partial charge in [0.2, 0.25) is 0 Å². The normalized spacial score (nSPS) is 10.1. The molecule has 0 aromatic heterocycles. The first-order chi connectivity index (χ1) is 8.79. The maximum Gasteiger partial charge on any atom is 0.150 e. The van der Waals surface area contributed by atoms with E-state index in [0.29, 0.717) is 22.9 Å². The fourth-order valence-corrected chi connectivity index (χ4v) is 1.87. The summed E-state index contributed by atoms with van der Waals surface area (Å²) in [5, 5.41) is 0.465. The Morgan fingerprint density at radius 2 is 1.89 bits per heavy atom. The highest BCUT2D eigenvalue weighted by Gasteiger charge is 2.02. The van der Waals surface area contributed by atoms with Crippen LogP contribution in [0.5, 0.6) is 5.75 Å². The molecule has 0 atom stereocenters. The van der Waals surface area contributed by atoms with Crippen LogP contribution >= 0.6 is 11.6 Å². The van der Waals surface area contributed by atoms with Crippen molar-refractivity contribution in [3.8, 4) is 5.75 Å². The number of rotatable bonds is 5. The Hall–Kier alpha value is -1.80. The zero-order chi connectivity index (χ0) is 12.8. The third kappa shape index (κ3) is 3.34. The Morgan fingerprint density at radius 1 is 1.11 bits per heavy atom. The van der Waals surface area contributed by atoms with E-state index < -0.39 is 0 Å². The molecule has 0 spiro atoms. The van der Waals surface area contributed by atoms with Crippen LogP contribution in [0.4, 0.5) is 0 Å². The lowest BCUT2D eigenvalue weighted by molar-refractivity contribution is 0.112. The van der Waals surface area contributed by atoms with E-state index >= 15 is 0 Å². The summed E-state index contributed by atoms with van der Waals surface area (Å²) in [6, 6.07) is 15.1. The van der Waals surface area contributed by atoms with E-state index in [-0.39, 0.29) is 0 Å². The van der Waals surface area contributed by atoms with Gasteiger partial charge in [0.25, 0.3) is 0 Å². The van der Waals surface area contributed by atoms with Gasteiger partial charge in [-0.25, -0.2) is 0 Å². The summed E-state index contributed by atoms with van der Waals surface area (Å²) in [6.07, 6.45) is 1.59. The van der Waals surface area contributed by atoms with Crippen LogP contribution in [-0.4, -0.2) is 12.9 Å². The van der Waals surface area contributed by atoms with Gasteiger partial charge in [0, 0.05) is 12.0 Å². The zero-order valence-electron chi connectivity index (χ0n) is 9.80. The van der Waals surface area contributed by atoms with Crippen LogP contribution in [-0.2, 0) is 6.42 Å². The highest BCUT2D eigenvalue weighted by Crippen LogP contribution is 2.25. The van der Waals surface area contributed by atoms with Gasteiger partial charge in [-0.2, -0.15) is 0 Å². The lowest BCUT2D eigenvalue weighted by Gasteiger charge is -2.08. The minimum absolute atomic E-state index is 0.465. The lowest BCUT2D eigenvalue weighted by atomic mass is 10.2. The third-order valence-electron chi connectivity index (χ3n) is 2.58. The Balaban J connectivity index is 1.92. The van der Waals surface area contributed by atoms with Crippen LogP contribution in [0.3, 0.4) is 0 Å². The van der Waals surface area contributed by atoms with E-state index in [9.17, 15) is 4.79 Å². The molecular weight excluding hydrogens is 248 g/mol. The van der Waals surface area contributed by atoms with Gasteiger partial charge in [-0.1, -0.05) is 41.9 Å². The molecule has 18 heavy (non-hydrogen) atoms. The minimum Gasteiger partial charge on any atom is -0.492 e. The summed E-state index contributed by atoms with van der Waals surface area (Å²) < 4.78 is 5.59. The molecule has 0 unspecified atom stereocenters. The van der Waals surface area contributed by atoms with E-state index in [0.717, 1.165) is 12.7 Å². The maximum absolute atomic E-state index is 10.6. The summed E-state index contributed by atoms with van der Waals surface area (Å²) in [7, 11) is 0. The second-order valence-corrected chi connectivity index (χ2v) is 4.30. The second-order valence-electron chi connectivity index (χ2n) is 3.89. The highest BCUT2D eigenvalue weighted by atomic mass is 35.5. The molecule has 2 aromatic rings. The standard InChI is InChI=1S/C15H13ClO2/c16-14-10-13(11-17)6-7-15(14)18-9-8-12-4-2-1-3-5-12/h1-7,10-11H,8-9H2. The largest absolute Gasteiger partial charge is 0.492 e. The number of hydrogen-bond donors (Lipinski definition) is 0. The smallest absolute Gasteiger partial charge is 0.150 e. The van der Waals surface area contributed by atoms with E-state index in [2.05, 4.69) is 12.1 Å². The molecule has 0 radical (unpaired) electrons. The fraction of sp³-hybridized carbons (Fsp3) is 0.133. The summed E-state index contributed by atoms with van der Waals surface area (Å²) >= 11 is 6.01. The molecule has 0 saturated heterocycles. The topological polar surface area (TPSA) is 26.3 Å². The van der Waals surface area contributed by atoms with Crippen LogP contribution in [0.25, 0.3) is 0 Å². The highest BCUT2D eigenvalue weighted by molar-refractivity contribution is 6.32. The first-order valence-electron chi connectivity index (χ1n) is 5.71. The molecule has 0 heterocycles. The van der Waals surface area contributed by atoms with Gasteiger partial charge >= 0.3 is 0 Å². The summed E-state index contributed by atoms with van der Waals surface area (Å²) in [4.78, 5) is 10.6. The molecule has 2 aromatic carbocycles. The van der Waals surface area contributed by atoms with Crippen LogP contribution in [0.1, 0.15) is 15.9 Å². The van der Waals surface area contributed by atoms with Crippen molar-refractivity contribution in [2.24, 2.45) is 0 Å². The maximum atomic E-state index is 10.6. The molecule has 0 N–H and O–H groups in total. The number of benzene rings is 2. The fourth-order valence-electron chi connectivity index (χ4n) is 1.63. The molecule has 0 amide bonds. The van der Waals surface area contributed by atoms with Crippen molar-refractivity contribution in [2.45, 2.75) is 6.42 Å². The Kier molecular flexibility index (Phi) is 4.37. The van der Waals surface area contributed by atoms with Crippen molar-refractivity contribution in [3.05, 3.63) is 64.7 Å². The average Bonchev–Trinajstić information content (AvgIpc) is 2.42. The van der Waals surface area contributed by atoms with Crippen molar-refractivity contribution in [1.82, 2.24) is 0 Å². The van der Waals surface area contributed by atoms with Crippen molar-refractivity contribution in [1.29, 1.82) is 0 Å². The van der Waals surface area contributed by atoms with Crippen molar-refractivity contribution < 1.29 is 9.53 Å². The molecular formula is C15H13ClO2. The minimum atomic E-state index is 0.465. The predicted molar refractivity (Wildman–Crippen MR) is 72.5 cm³/mol. The third-order valence-corrected chi connectivity index (χ3v) is 2.88. The molecule has 0 bridgehead atoms. The van der Waals surface area contributed by atoms with Crippen molar-refractivity contribution >= 4 is 17.9 Å². The van der Waals surface area contributed by atoms with E-state index in [1.165, 1.54) is 5.56 Å². The van der Waals surface area contributed by atoms with E-state index in [4.69, 9.17) is 16.3 Å². The van der Waals surface area contributed by atoms with Crippen LogP contribution in [0.15, 0.2) is 48.5 Å². The molecule has 0 aliphatic rings. The number of aldehydes is 1. The molecule has 92 valence electrons. The predicted octanol–water partition coefficient (Wildman–Crippen LogP) is 3.77. The number of hydrogen-bond acceptors (Lipinski definition) is 2. The van der Waals surface area contributed by atoms with Gasteiger partial charge in [-0.05, 0) is 23.8 Å². The number of carbonyl (C=O) groups is 1. The van der Waals surface area contributed by atoms with Gasteiger partial charge in [0.15, 0.2) is 0 Å². The van der Waals surface area contributed by atoms with Crippen LogP contribution in [0.2, 0.25) is 5.02 Å². The summed E-state index contributed by atoms with van der Waals surface area (Å²) in [5.74, 6) is 0.609. The van der Waals surface area contributed by atoms with Crippen LogP contribution < -0.4 is 4.74 Å². The van der Waals surface area contributed by atoms with Gasteiger partial charge in [0.05, 0.1) is 11.6 Å². The average molecular weight is 261 g/mol. The summed E-state index contributed by atoms with van der Waals surface area (Å²) in [5.41, 5.74) is 1.77. The zero-order valence-corrected chi connectivity index (χ0v) is 10.6. The lowest BCUT2D eigenvalue weighted by Crippen LogP contribution is -2.01. The van der Waals surface area contributed by atoms with Crippen molar-refractivity contribution in [3.63, 3.8) is 0 Å². The van der Waals surface area contributed by atoms with Gasteiger partial charge in [0.1, 0.15) is 12.0 Å². The summed E-state index contributed by atoms with van der Waals surface area (Å²) in [6.45, 7) is 0.560. The molecule has 2 nitrogen and oxygen atoms in total. The molecule has 3 heteroatoms. The first kappa shape index (κ1) is 12.7. The number of carbonyl (C=O) groups excluding carboxylic acids is 1. The Bertz CT molecular complexity index is 523. The Labute approximate surface area is 111 Å². The number of ether oxygens (including phenoxy) is 1. The van der Waals surface area contributed by atoms with E-state index in [1.54, 1.807) is 18.2 Å². The van der Waals surface area contributed by atoms with Crippen LogP contribution in [0, 0.1) is 0 Å². The van der Waals surface area contributed by atoms with Gasteiger partial charge in [-0.15, -0.1) is 0 Å². The molecule has 0 aliphatic heterocycles. The SMILES string of the molecule is O=Cc1ccc(OCCc2ccccc2)c(Cl)c1. The van der Waals surface area contributed by atoms with E-state index in [1.807, 2.05) is 18.2 Å². The molecule has 2 rings (SSSR count). The second kappa shape index (κ2) is 6.22. The Morgan fingerprint density at radius 3 is 2.56 bits per heavy atom. The van der Waals surface area contributed by atoms with Crippen molar-refractivity contribution in [2.75, 3.05) is 6.61 Å². The number of halogens is 1. The molecule has 0 aliphatic carbocycles. The first-order valence-corrected chi connectivity index (χ1v) is 6.09. The quantitative estimate of drug-likeness (QED) is 0.765. The molecule has 0 saturated carbocycles. The van der Waals surface area contributed by atoms with Gasteiger partial charge in [-0.3, -0.25) is 4.79 Å². The monoisotopic (exact) mass is 260 g/mol. The van der Waals surface area contributed by atoms with Gasteiger partial charge < -0.3 is 4.74 Å².